The van der Waals surface area contributed by atoms with Crippen LogP contribution < -0.4 is 19.9 Å². The summed E-state index contributed by atoms with van der Waals surface area (Å²) in [4.78, 5) is 22.2. The van der Waals surface area contributed by atoms with Crippen molar-refractivity contribution in [3.63, 3.8) is 0 Å². The Labute approximate surface area is 170 Å². The Morgan fingerprint density at radius 3 is 3.00 bits per heavy atom. The average Bonchev–Trinajstić information content (AvgIpc) is 3.09. The number of aryl methyl sites for hydroxylation is 1. The van der Waals surface area contributed by atoms with E-state index in [0.717, 1.165) is 55.8 Å². The molecule has 0 radical (unpaired) electrons. The first-order valence-electron chi connectivity index (χ1n) is 10.1. The number of quaternary nitrogens is 1. The largest absolute Gasteiger partial charge is 0.497 e. The van der Waals surface area contributed by atoms with Gasteiger partial charge in [0.25, 0.3) is 5.91 Å². The van der Waals surface area contributed by atoms with E-state index in [4.69, 9.17) is 4.74 Å². The minimum absolute atomic E-state index is 0.0731. The molecular weight excluding hydrogens is 372 g/mol. The van der Waals surface area contributed by atoms with Crippen molar-refractivity contribution in [1.29, 1.82) is 0 Å². The Bertz CT molecular complexity index is 830. The highest BCUT2D eigenvalue weighted by Gasteiger charge is 2.24. The molecule has 2 aromatic rings. The van der Waals surface area contributed by atoms with E-state index in [1.165, 1.54) is 27.6 Å². The number of rotatable bonds is 5. The molecule has 28 heavy (non-hydrogen) atoms. The van der Waals surface area contributed by atoms with E-state index in [-0.39, 0.29) is 5.91 Å². The van der Waals surface area contributed by atoms with Crippen LogP contribution in [0.15, 0.2) is 24.3 Å². The van der Waals surface area contributed by atoms with Gasteiger partial charge in [-0.2, -0.15) is 0 Å². The van der Waals surface area contributed by atoms with Crippen LogP contribution in [0.5, 0.6) is 5.75 Å². The number of carbonyl (C=O) groups excluding carboxylic acids is 1. The molecule has 0 spiro atoms. The number of nitrogens with zero attached hydrogens (tertiary/aromatic N) is 2. The minimum atomic E-state index is 0.0731. The van der Waals surface area contributed by atoms with Crippen LogP contribution >= 0.6 is 11.3 Å². The number of methoxy groups -OCH3 is 1. The summed E-state index contributed by atoms with van der Waals surface area (Å²) in [6.45, 7) is 6.59. The Morgan fingerprint density at radius 2 is 2.21 bits per heavy atom. The third-order valence-corrected chi connectivity index (χ3v) is 6.77. The topological polar surface area (TPSA) is 58.9 Å². The van der Waals surface area contributed by atoms with Crippen LogP contribution in [0, 0.1) is 5.92 Å². The SMILES string of the molecule is COc1cccc(N2CC[NH+](CC(=O)Nc3nc4c(s3)C[C@@H](C)CC4)CC2)c1. The molecule has 150 valence electrons. The predicted octanol–water partition coefficient (Wildman–Crippen LogP) is 1.62. The van der Waals surface area contributed by atoms with Crippen LogP contribution in [0.4, 0.5) is 10.8 Å². The number of ether oxygens (including phenoxy) is 1. The normalized spacial score (nSPS) is 19.9. The van der Waals surface area contributed by atoms with Gasteiger partial charge in [-0.05, 0) is 37.3 Å². The van der Waals surface area contributed by atoms with Crippen LogP contribution in [0.3, 0.4) is 0 Å². The summed E-state index contributed by atoms with van der Waals surface area (Å²) < 4.78 is 5.32. The average molecular weight is 402 g/mol. The molecule has 0 unspecified atom stereocenters. The second kappa shape index (κ2) is 8.49. The fraction of sp³-hybridized carbons (Fsp3) is 0.524. The number of hydrogen-bond donors (Lipinski definition) is 2. The zero-order chi connectivity index (χ0) is 19.5. The van der Waals surface area contributed by atoms with Crippen molar-refractivity contribution in [2.75, 3.05) is 50.1 Å². The number of nitrogens with one attached hydrogen (secondary N) is 2. The van der Waals surface area contributed by atoms with Gasteiger partial charge in [0.2, 0.25) is 0 Å². The minimum Gasteiger partial charge on any atom is -0.497 e. The molecule has 1 aromatic carbocycles. The lowest BCUT2D eigenvalue weighted by molar-refractivity contribution is -0.892. The van der Waals surface area contributed by atoms with Crippen molar-refractivity contribution in [2.24, 2.45) is 5.92 Å². The van der Waals surface area contributed by atoms with Crippen molar-refractivity contribution in [2.45, 2.75) is 26.2 Å². The Morgan fingerprint density at radius 1 is 1.39 bits per heavy atom. The van der Waals surface area contributed by atoms with Crippen LogP contribution in [-0.2, 0) is 17.6 Å². The summed E-state index contributed by atoms with van der Waals surface area (Å²) >= 11 is 1.66. The summed E-state index contributed by atoms with van der Waals surface area (Å²) in [7, 11) is 1.69. The Kier molecular flexibility index (Phi) is 5.82. The summed E-state index contributed by atoms with van der Waals surface area (Å²) in [5.41, 5.74) is 2.38. The van der Waals surface area contributed by atoms with Crippen molar-refractivity contribution in [1.82, 2.24) is 4.98 Å². The number of hydrogen-bond acceptors (Lipinski definition) is 5. The number of thiazole rings is 1. The van der Waals surface area contributed by atoms with E-state index in [1.54, 1.807) is 18.4 Å². The number of piperazine rings is 1. The van der Waals surface area contributed by atoms with Gasteiger partial charge in [-0.25, -0.2) is 4.98 Å². The van der Waals surface area contributed by atoms with Gasteiger partial charge in [-0.3, -0.25) is 10.1 Å². The van der Waals surface area contributed by atoms with Crippen molar-refractivity contribution in [3.05, 3.63) is 34.8 Å². The number of anilines is 2. The molecule has 1 amide bonds. The van der Waals surface area contributed by atoms with Crippen molar-refractivity contribution < 1.29 is 14.4 Å². The number of benzene rings is 1. The van der Waals surface area contributed by atoms with E-state index >= 15 is 0 Å². The lowest BCUT2D eigenvalue weighted by Crippen LogP contribution is -3.15. The van der Waals surface area contributed by atoms with E-state index in [1.807, 2.05) is 12.1 Å². The first-order valence-corrected chi connectivity index (χ1v) is 10.9. The van der Waals surface area contributed by atoms with Crippen LogP contribution in [-0.4, -0.2) is 50.7 Å². The second-order valence-electron chi connectivity index (χ2n) is 7.90. The zero-order valence-electron chi connectivity index (χ0n) is 16.7. The van der Waals surface area contributed by atoms with Gasteiger partial charge >= 0.3 is 0 Å². The monoisotopic (exact) mass is 401 g/mol. The van der Waals surface area contributed by atoms with Crippen LogP contribution in [0.2, 0.25) is 0 Å². The van der Waals surface area contributed by atoms with Crippen LogP contribution in [0.25, 0.3) is 0 Å². The van der Waals surface area contributed by atoms with E-state index in [2.05, 4.69) is 34.3 Å². The van der Waals surface area contributed by atoms with Crippen molar-refractivity contribution >= 4 is 28.1 Å². The molecule has 1 aliphatic heterocycles. The standard InChI is InChI=1S/C21H28N4O2S/c1-15-6-7-18-19(12-15)28-21(22-18)23-20(26)14-24-8-10-25(11-9-24)16-4-3-5-17(13-16)27-2/h3-5,13,15H,6-12,14H2,1-2H3,(H,22,23,26)/p+1/t15-/m0/s1. The molecule has 0 saturated carbocycles. The number of fused-ring (bicyclic) bond motifs is 1. The van der Waals surface area contributed by atoms with Gasteiger partial charge in [0.05, 0.1) is 39.0 Å². The van der Waals surface area contributed by atoms with E-state index in [9.17, 15) is 4.79 Å². The predicted molar refractivity (Wildman–Crippen MR) is 113 cm³/mol. The second-order valence-corrected chi connectivity index (χ2v) is 8.98. The fourth-order valence-electron chi connectivity index (χ4n) is 4.05. The molecule has 1 aromatic heterocycles. The molecule has 2 N–H and O–H groups in total. The fourth-order valence-corrected chi connectivity index (χ4v) is 5.24. The number of aromatic nitrogens is 1. The third-order valence-electron chi connectivity index (χ3n) is 5.73. The summed E-state index contributed by atoms with van der Waals surface area (Å²) in [6, 6.07) is 8.18. The molecule has 1 aliphatic carbocycles. The Hall–Kier alpha value is -2.12. The van der Waals surface area contributed by atoms with E-state index < -0.39 is 0 Å². The molecule has 2 aliphatic rings. The van der Waals surface area contributed by atoms with Gasteiger partial charge in [-0.1, -0.05) is 13.0 Å². The molecule has 0 bridgehead atoms. The van der Waals surface area contributed by atoms with Crippen LogP contribution in [0.1, 0.15) is 23.9 Å². The van der Waals surface area contributed by atoms with Gasteiger partial charge in [-0.15, -0.1) is 11.3 Å². The van der Waals surface area contributed by atoms with Gasteiger partial charge in [0.1, 0.15) is 5.75 Å². The molecule has 1 saturated heterocycles. The lowest BCUT2D eigenvalue weighted by Gasteiger charge is -2.33. The maximum atomic E-state index is 12.5. The van der Waals surface area contributed by atoms with Crippen molar-refractivity contribution in [3.8, 4) is 5.75 Å². The van der Waals surface area contributed by atoms with E-state index in [0.29, 0.717) is 6.54 Å². The summed E-state index contributed by atoms with van der Waals surface area (Å²) in [6.07, 6.45) is 3.34. The number of amides is 1. The highest BCUT2D eigenvalue weighted by Crippen LogP contribution is 2.32. The van der Waals surface area contributed by atoms with Gasteiger partial charge in [0.15, 0.2) is 11.7 Å². The summed E-state index contributed by atoms with van der Waals surface area (Å²) in [5, 5.41) is 3.81. The smallest absolute Gasteiger partial charge is 0.281 e. The van der Waals surface area contributed by atoms with Gasteiger partial charge < -0.3 is 14.5 Å². The highest BCUT2D eigenvalue weighted by atomic mass is 32.1. The molecular formula is C21H29N4O2S+. The molecule has 1 atom stereocenters. The lowest BCUT2D eigenvalue weighted by atomic mass is 9.93. The highest BCUT2D eigenvalue weighted by molar-refractivity contribution is 7.15. The number of carbonyl (C=O) groups is 1. The quantitative estimate of drug-likeness (QED) is 0.799. The zero-order valence-corrected chi connectivity index (χ0v) is 17.5. The maximum Gasteiger partial charge on any atom is 0.281 e. The maximum absolute atomic E-state index is 12.5. The molecule has 6 nitrogen and oxygen atoms in total. The Balaban J connectivity index is 1.27. The van der Waals surface area contributed by atoms with Gasteiger partial charge in [0, 0.05) is 16.6 Å². The molecule has 2 heterocycles. The molecule has 7 heteroatoms. The first kappa shape index (κ1) is 19.2. The third kappa shape index (κ3) is 4.47. The summed E-state index contributed by atoms with van der Waals surface area (Å²) in [5.74, 6) is 1.68. The molecule has 1 fully saturated rings. The first-order chi connectivity index (χ1) is 13.6. The molecule has 4 rings (SSSR count).